The van der Waals surface area contributed by atoms with Gasteiger partial charge in [-0.1, -0.05) is 12.8 Å². The Bertz CT molecular complexity index is 542. The number of anilines is 1. The van der Waals surface area contributed by atoms with Crippen LogP contribution in [0.4, 0.5) is 5.95 Å². The predicted molar refractivity (Wildman–Crippen MR) is 91.9 cm³/mol. The van der Waals surface area contributed by atoms with Crippen molar-refractivity contribution in [2.75, 3.05) is 38.0 Å². The summed E-state index contributed by atoms with van der Waals surface area (Å²) in [7, 11) is 0. The average molecular weight is 333 g/mol. The molecule has 1 aliphatic heterocycles. The van der Waals surface area contributed by atoms with Gasteiger partial charge in [0.25, 0.3) is 5.91 Å². The number of hydrogen-bond acceptors (Lipinski definition) is 6. The SMILES string of the molecule is CCNc1ncc(C(=O)N2CCN([C@H]3CCCC[C@@H]3O)CC2)cn1. The molecule has 0 bridgehead atoms. The van der Waals surface area contributed by atoms with E-state index in [2.05, 4.69) is 20.2 Å². The van der Waals surface area contributed by atoms with Crippen LogP contribution in [0.1, 0.15) is 43.0 Å². The second-order valence-electron chi connectivity index (χ2n) is 6.57. The molecule has 3 rings (SSSR count). The van der Waals surface area contributed by atoms with Gasteiger partial charge in [0.2, 0.25) is 5.95 Å². The van der Waals surface area contributed by atoms with Gasteiger partial charge in [0, 0.05) is 51.2 Å². The first kappa shape index (κ1) is 17.1. The number of aliphatic hydroxyl groups excluding tert-OH is 1. The second kappa shape index (κ2) is 7.90. The van der Waals surface area contributed by atoms with Crippen LogP contribution in [-0.2, 0) is 0 Å². The van der Waals surface area contributed by atoms with Crippen LogP contribution in [0.25, 0.3) is 0 Å². The lowest BCUT2D eigenvalue weighted by Gasteiger charge is -2.42. The monoisotopic (exact) mass is 333 g/mol. The van der Waals surface area contributed by atoms with Crippen LogP contribution in [0.15, 0.2) is 12.4 Å². The molecule has 2 heterocycles. The van der Waals surface area contributed by atoms with Gasteiger partial charge in [0.05, 0.1) is 11.7 Å². The minimum Gasteiger partial charge on any atom is -0.391 e. The number of rotatable bonds is 4. The molecule has 0 spiro atoms. The third-order valence-corrected chi connectivity index (χ3v) is 5.00. The molecule has 132 valence electrons. The van der Waals surface area contributed by atoms with E-state index in [1.165, 1.54) is 6.42 Å². The van der Waals surface area contributed by atoms with E-state index >= 15 is 0 Å². The molecule has 1 saturated heterocycles. The second-order valence-corrected chi connectivity index (χ2v) is 6.57. The smallest absolute Gasteiger partial charge is 0.257 e. The predicted octanol–water partition coefficient (Wildman–Crippen LogP) is 0.970. The van der Waals surface area contributed by atoms with Crippen LogP contribution in [0, 0.1) is 0 Å². The molecular formula is C17H27N5O2. The van der Waals surface area contributed by atoms with Crippen LogP contribution >= 0.6 is 0 Å². The molecule has 1 saturated carbocycles. The van der Waals surface area contributed by atoms with Crippen molar-refractivity contribution in [1.29, 1.82) is 0 Å². The number of hydrogen-bond donors (Lipinski definition) is 2. The van der Waals surface area contributed by atoms with Gasteiger partial charge >= 0.3 is 0 Å². The first-order valence-electron chi connectivity index (χ1n) is 8.96. The Morgan fingerprint density at radius 1 is 1.21 bits per heavy atom. The third-order valence-electron chi connectivity index (χ3n) is 5.00. The Kier molecular flexibility index (Phi) is 5.63. The maximum absolute atomic E-state index is 12.6. The fourth-order valence-electron chi connectivity index (χ4n) is 3.64. The largest absolute Gasteiger partial charge is 0.391 e. The highest BCUT2D eigenvalue weighted by atomic mass is 16.3. The zero-order valence-electron chi connectivity index (χ0n) is 14.3. The normalized spacial score (nSPS) is 25.5. The van der Waals surface area contributed by atoms with E-state index in [1.54, 1.807) is 12.4 Å². The summed E-state index contributed by atoms with van der Waals surface area (Å²) in [4.78, 5) is 25.1. The van der Waals surface area contributed by atoms with E-state index in [-0.39, 0.29) is 18.1 Å². The van der Waals surface area contributed by atoms with Crippen LogP contribution < -0.4 is 5.32 Å². The average Bonchev–Trinajstić information content (AvgIpc) is 2.63. The molecule has 1 amide bonds. The molecule has 2 N–H and O–H groups in total. The van der Waals surface area contributed by atoms with Gasteiger partial charge in [-0.25, -0.2) is 9.97 Å². The summed E-state index contributed by atoms with van der Waals surface area (Å²) in [5, 5.41) is 13.2. The molecule has 0 aromatic carbocycles. The van der Waals surface area contributed by atoms with Crippen molar-refractivity contribution in [3.63, 3.8) is 0 Å². The lowest BCUT2D eigenvalue weighted by Crippen LogP contribution is -2.55. The Labute approximate surface area is 143 Å². The Balaban J connectivity index is 1.54. The van der Waals surface area contributed by atoms with E-state index in [1.807, 2.05) is 11.8 Å². The number of aliphatic hydroxyl groups is 1. The Morgan fingerprint density at radius 3 is 2.50 bits per heavy atom. The molecule has 0 radical (unpaired) electrons. The molecule has 0 unspecified atom stereocenters. The summed E-state index contributed by atoms with van der Waals surface area (Å²) in [5.41, 5.74) is 0.530. The molecule has 1 aromatic rings. The van der Waals surface area contributed by atoms with Crippen molar-refractivity contribution < 1.29 is 9.90 Å². The zero-order chi connectivity index (χ0) is 16.9. The maximum atomic E-state index is 12.6. The van der Waals surface area contributed by atoms with Crippen molar-refractivity contribution in [1.82, 2.24) is 19.8 Å². The third kappa shape index (κ3) is 3.84. The Morgan fingerprint density at radius 2 is 1.88 bits per heavy atom. The molecule has 2 aliphatic rings. The van der Waals surface area contributed by atoms with Crippen LogP contribution in [0.5, 0.6) is 0 Å². The maximum Gasteiger partial charge on any atom is 0.257 e. The molecule has 2 atom stereocenters. The van der Waals surface area contributed by atoms with Gasteiger partial charge < -0.3 is 15.3 Å². The molecule has 7 heteroatoms. The summed E-state index contributed by atoms with van der Waals surface area (Å²) in [6.45, 7) is 5.76. The molecular weight excluding hydrogens is 306 g/mol. The van der Waals surface area contributed by atoms with Crippen molar-refractivity contribution in [2.45, 2.75) is 44.8 Å². The molecule has 24 heavy (non-hydrogen) atoms. The number of nitrogens with one attached hydrogen (secondary N) is 1. The number of nitrogens with zero attached hydrogens (tertiary/aromatic N) is 4. The standard InChI is InChI=1S/C17H27N5O2/c1-2-18-17-19-11-13(12-20-17)16(24)22-9-7-21(8-10-22)14-5-3-4-6-15(14)23/h11-12,14-15,23H,2-10H2,1H3,(H,18,19,20)/t14-,15-/m0/s1. The van der Waals surface area contributed by atoms with Gasteiger partial charge in [-0.15, -0.1) is 0 Å². The summed E-state index contributed by atoms with van der Waals surface area (Å²) >= 11 is 0. The van der Waals surface area contributed by atoms with E-state index in [9.17, 15) is 9.90 Å². The van der Waals surface area contributed by atoms with Crippen molar-refractivity contribution in [3.8, 4) is 0 Å². The summed E-state index contributed by atoms with van der Waals surface area (Å²) in [6.07, 6.45) is 7.24. The van der Waals surface area contributed by atoms with Crippen LogP contribution in [-0.4, -0.2) is 75.7 Å². The lowest BCUT2D eigenvalue weighted by molar-refractivity contribution is -0.00173. The number of carbonyl (C=O) groups is 1. The van der Waals surface area contributed by atoms with E-state index in [0.717, 1.165) is 38.9 Å². The van der Waals surface area contributed by atoms with Gasteiger partial charge in [-0.2, -0.15) is 0 Å². The minimum atomic E-state index is -0.215. The van der Waals surface area contributed by atoms with Gasteiger partial charge in [0.15, 0.2) is 0 Å². The fourth-order valence-corrected chi connectivity index (χ4v) is 3.64. The Hall–Kier alpha value is -1.73. The number of carbonyl (C=O) groups excluding carboxylic acids is 1. The van der Waals surface area contributed by atoms with E-state index in [4.69, 9.17) is 0 Å². The van der Waals surface area contributed by atoms with E-state index < -0.39 is 0 Å². The van der Waals surface area contributed by atoms with Crippen LogP contribution in [0.2, 0.25) is 0 Å². The zero-order valence-corrected chi connectivity index (χ0v) is 14.3. The topological polar surface area (TPSA) is 81.6 Å². The van der Waals surface area contributed by atoms with E-state index in [0.29, 0.717) is 24.6 Å². The number of piperazine rings is 1. The summed E-state index contributed by atoms with van der Waals surface area (Å²) < 4.78 is 0. The summed E-state index contributed by atoms with van der Waals surface area (Å²) in [5.74, 6) is 0.534. The number of amides is 1. The van der Waals surface area contributed by atoms with Gasteiger partial charge in [-0.3, -0.25) is 9.69 Å². The lowest BCUT2D eigenvalue weighted by atomic mass is 9.91. The highest BCUT2D eigenvalue weighted by Crippen LogP contribution is 2.24. The quantitative estimate of drug-likeness (QED) is 0.854. The van der Waals surface area contributed by atoms with Crippen molar-refractivity contribution >= 4 is 11.9 Å². The van der Waals surface area contributed by atoms with Crippen LogP contribution in [0.3, 0.4) is 0 Å². The number of aromatic nitrogens is 2. The van der Waals surface area contributed by atoms with Gasteiger partial charge in [0.1, 0.15) is 0 Å². The summed E-state index contributed by atoms with van der Waals surface area (Å²) in [6, 6.07) is 0.263. The molecule has 1 aromatic heterocycles. The fraction of sp³-hybridized carbons (Fsp3) is 0.706. The molecule has 2 fully saturated rings. The molecule has 7 nitrogen and oxygen atoms in total. The first-order chi connectivity index (χ1) is 11.7. The molecule has 1 aliphatic carbocycles. The highest BCUT2D eigenvalue weighted by Gasteiger charge is 2.32. The highest BCUT2D eigenvalue weighted by molar-refractivity contribution is 5.93. The minimum absolute atomic E-state index is 0.0121. The van der Waals surface area contributed by atoms with Crippen molar-refractivity contribution in [2.24, 2.45) is 0 Å². The van der Waals surface area contributed by atoms with Gasteiger partial charge in [-0.05, 0) is 19.8 Å². The first-order valence-corrected chi connectivity index (χ1v) is 8.96. The van der Waals surface area contributed by atoms with Crippen molar-refractivity contribution in [3.05, 3.63) is 18.0 Å².